The fraction of sp³-hybridized carbons (Fsp3) is 0.294. The van der Waals surface area contributed by atoms with Crippen LogP contribution in [0.2, 0.25) is 0 Å². The number of fused-ring (bicyclic) bond motifs is 1. The molecule has 2 N–H and O–H groups in total. The van der Waals surface area contributed by atoms with Crippen molar-refractivity contribution in [2.75, 3.05) is 5.32 Å². The first-order chi connectivity index (χ1) is 10.7. The monoisotopic (exact) mass is 347 g/mol. The standard InChI is InChI=1S/C17H17N3OS.ClH/c1-10-5-7-11(8-6-10)14-9-13-15(22-14)16(21)20-17(19-13)18-12-3-2-4-12;/h5-9,12H,2-4H2,1H3,(H2,18,19,20,21);1H. The number of thiophene rings is 1. The molecule has 120 valence electrons. The van der Waals surface area contributed by atoms with E-state index >= 15 is 0 Å². The average Bonchev–Trinajstić information content (AvgIpc) is 2.88. The summed E-state index contributed by atoms with van der Waals surface area (Å²) in [6, 6.07) is 10.8. The van der Waals surface area contributed by atoms with Crippen LogP contribution in [0.25, 0.3) is 20.7 Å². The van der Waals surface area contributed by atoms with E-state index in [1.54, 1.807) is 0 Å². The first kappa shape index (κ1) is 16.0. The highest BCUT2D eigenvalue weighted by molar-refractivity contribution is 7.22. The Labute approximate surface area is 144 Å². The van der Waals surface area contributed by atoms with E-state index in [1.165, 1.54) is 23.3 Å². The molecule has 0 unspecified atom stereocenters. The van der Waals surface area contributed by atoms with Gasteiger partial charge in [0.2, 0.25) is 5.95 Å². The number of rotatable bonds is 3. The normalized spacial score (nSPS) is 14.3. The van der Waals surface area contributed by atoms with Crippen LogP contribution in [0.3, 0.4) is 0 Å². The smallest absolute Gasteiger partial charge is 0.270 e. The molecule has 1 aliphatic carbocycles. The van der Waals surface area contributed by atoms with Gasteiger partial charge in [-0.3, -0.25) is 9.78 Å². The molecule has 6 heteroatoms. The summed E-state index contributed by atoms with van der Waals surface area (Å²) in [6.07, 6.45) is 3.56. The van der Waals surface area contributed by atoms with Crippen LogP contribution in [0.4, 0.5) is 5.95 Å². The lowest BCUT2D eigenvalue weighted by Gasteiger charge is -2.26. The van der Waals surface area contributed by atoms with E-state index in [2.05, 4.69) is 46.5 Å². The molecule has 2 heterocycles. The number of hydrogen-bond acceptors (Lipinski definition) is 4. The Morgan fingerprint density at radius 1 is 1.26 bits per heavy atom. The first-order valence-electron chi connectivity index (χ1n) is 7.56. The summed E-state index contributed by atoms with van der Waals surface area (Å²) >= 11 is 1.50. The molecule has 0 bridgehead atoms. The number of aromatic amines is 1. The predicted octanol–water partition coefficient (Wildman–Crippen LogP) is 4.35. The number of nitrogens with one attached hydrogen (secondary N) is 2. The van der Waals surface area contributed by atoms with Crippen LogP contribution in [-0.2, 0) is 0 Å². The van der Waals surface area contributed by atoms with Crippen molar-refractivity contribution in [3.63, 3.8) is 0 Å². The molecule has 23 heavy (non-hydrogen) atoms. The lowest BCUT2D eigenvalue weighted by Crippen LogP contribution is -2.29. The van der Waals surface area contributed by atoms with E-state index in [1.807, 2.05) is 6.07 Å². The average molecular weight is 348 g/mol. The van der Waals surface area contributed by atoms with Crippen molar-refractivity contribution in [2.24, 2.45) is 0 Å². The van der Waals surface area contributed by atoms with Gasteiger partial charge in [-0.05, 0) is 37.8 Å². The zero-order valence-corrected chi connectivity index (χ0v) is 14.4. The summed E-state index contributed by atoms with van der Waals surface area (Å²) in [5.74, 6) is 0.593. The molecule has 1 saturated carbocycles. The number of H-pyrrole nitrogens is 1. The van der Waals surface area contributed by atoms with Crippen LogP contribution in [-0.4, -0.2) is 16.0 Å². The molecule has 4 rings (SSSR count). The largest absolute Gasteiger partial charge is 0.353 e. The minimum absolute atomic E-state index is 0. The lowest BCUT2D eigenvalue weighted by atomic mass is 9.93. The maximum Gasteiger partial charge on any atom is 0.270 e. The number of halogens is 1. The van der Waals surface area contributed by atoms with Crippen molar-refractivity contribution in [1.29, 1.82) is 0 Å². The van der Waals surface area contributed by atoms with Gasteiger partial charge in [-0.2, -0.15) is 0 Å². The second kappa shape index (κ2) is 6.34. The molecule has 0 spiro atoms. The van der Waals surface area contributed by atoms with Gasteiger partial charge in [0, 0.05) is 10.9 Å². The minimum atomic E-state index is -0.0600. The molecule has 0 saturated heterocycles. The summed E-state index contributed by atoms with van der Waals surface area (Å²) in [5.41, 5.74) is 3.07. The van der Waals surface area contributed by atoms with Crippen molar-refractivity contribution in [1.82, 2.24) is 9.97 Å². The van der Waals surface area contributed by atoms with Crippen LogP contribution in [0.15, 0.2) is 35.1 Å². The number of aromatic nitrogens is 2. The highest BCUT2D eigenvalue weighted by Gasteiger charge is 2.18. The van der Waals surface area contributed by atoms with Gasteiger partial charge in [0.05, 0.1) is 5.52 Å². The van der Waals surface area contributed by atoms with Crippen molar-refractivity contribution in [2.45, 2.75) is 32.2 Å². The van der Waals surface area contributed by atoms with Gasteiger partial charge < -0.3 is 5.32 Å². The van der Waals surface area contributed by atoms with E-state index in [-0.39, 0.29) is 18.0 Å². The van der Waals surface area contributed by atoms with Crippen molar-refractivity contribution >= 4 is 39.9 Å². The Morgan fingerprint density at radius 2 is 2.00 bits per heavy atom. The third-order valence-corrected chi connectivity index (χ3v) is 5.34. The van der Waals surface area contributed by atoms with Crippen molar-refractivity contribution in [3.8, 4) is 10.4 Å². The molecule has 4 nitrogen and oxygen atoms in total. The lowest BCUT2D eigenvalue weighted by molar-refractivity contribution is 0.443. The number of aryl methyl sites for hydroxylation is 1. The molecule has 3 aromatic rings. The second-order valence-corrected chi connectivity index (χ2v) is 6.93. The number of anilines is 1. The van der Waals surface area contributed by atoms with Crippen LogP contribution in [0.1, 0.15) is 24.8 Å². The molecule has 1 aliphatic rings. The van der Waals surface area contributed by atoms with Gasteiger partial charge in [0.1, 0.15) is 4.70 Å². The Morgan fingerprint density at radius 3 is 2.65 bits per heavy atom. The van der Waals surface area contributed by atoms with Crippen molar-refractivity contribution < 1.29 is 0 Å². The van der Waals surface area contributed by atoms with E-state index in [0.717, 1.165) is 28.8 Å². The van der Waals surface area contributed by atoms with Gasteiger partial charge >= 0.3 is 0 Å². The Hall–Kier alpha value is -1.85. The van der Waals surface area contributed by atoms with Crippen LogP contribution < -0.4 is 10.9 Å². The van der Waals surface area contributed by atoms with E-state index < -0.39 is 0 Å². The molecular weight excluding hydrogens is 330 g/mol. The molecule has 1 aromatic carbocycles. The summed E-state index contributed by atoms with van der Waals surface area (Å²) < 4.78 is 0.690. The maximum absolute atomic E-state index is 12.3. The van der Waals surface area contributed by atoms with E-state index in [0.29, 0.717) is 16.7 Å². The van der Waals surface area contributed by atoms with Gasteiger partial charge in [0.25, 0.3) is 5.56 Å². The first-order valence-corrected chi connectivity index (χ1v) is 8.38. The van der Waals surface area contributed by atoms with Gasteiger partial charge in [-0.1, -0.05) is 29.8 Å². The summed E-state index contributed by atoms with van der Waals surface area (Å²) in [5, 5.41) is 3.31. The van der Waals surface area contributed by atoms with Gasteiger partial charge in [-0.15, -0.1) is 23.7 Å². The maximum atomic E-state index is 12.3. The molecule has 0 radical (unpaired) electrons. The topological polar surface area (TPSA) is 57.8 Å². The molecular formula is C17H18ClN3OS. The number of benzene rings is 1. The molecule has 0 atom stereocenters. The Balaban J connectivity index is 0.00000156. The quantitative estimate of drug-likeness (QED) is 0.740. The fourth-order valence-electron chi connectivity index (χ4n) is 2.61. The summed E-state index contributed by atoms with van der Waals surface area (Å²) in [6.45, 7) is 2.07. The van der Waals surface area contributed by atoms with Crippen LogP contribution >= 0.6 is 23.7 Å². The third-order valence-electron chi connectivity index (χ3n) is 4.16. The molecule has 1 fully saturated rings. The minimum Gasteiger partial charge on any atom is -0.353 e. The van der Waals surface area contributed by atoms with E-state index in [9.17, 15) is 4.79 Å². The SMILES string of the molecule is Cc1ccc(-c2cc3nc(NC4CCC4)[nH]c(=O)c3s2)cc1.Cl. The van der Waals surface area contributed by atoms with Gasteiger partial charge in [0.15, 0.2) is 0 Å². The van der Waals surface area contributed by atoms with Crippen LogP contribution in [0.5, 0.6) is 0 Å². The highest BCUT2D eigenvalue weighted by Crippen LogP contribution is 2.31. The zero-order valence-electron chi connectivity index (χ0n) is 12.8. The summed E-state index contributed by atoms with van der Waals surface area (Å²) in [7, 11) is 0. The molecule has 0 aliphatic heterocycles. The fourth-order valence-corrected chi connectivity index (χ4v) is 3.61. The highest BCUT2D eigenvalue weighted by atomic mass is 35.5. The predicted molar refractivity (Wildman–Crippen MR) is 98.9 cm³/mol. The van der Waals surface area contributed by atoms with E-state index in [4.69, 9.17) is 0 Å². The summed E-state index contributed by atoms with van der Waals surface area (Å²) in [4.78, 5) is 20.8. The Bertz CT molecular complexity index is 881. The van der Waals surface area contributed by atoms with Crippen LogP contribution in [0, 0.1) is 6.92 Å². The van der Waals surface area contributed by atoms with Crippen molar-refractivity contribution in [3.05, 3.63) is 46.2 Å². The zero-order chi connectivity index (χ0) is 15.1. The second-order valence-electron chi connectivity index (χ2n) is 5.88. The third kappa shape index (κ3) is 3.12. The Kier molecular flexibility index (Phi) is 4.41. The molecule has 0 amide bonds. The molecule has 2 aromatic heterocycles. The number of nitrogens with zero attached hydrogens (tertiary/aromatic N) is 1. The number of hydrogen-bond donors (Lipinski definition) is 2. The van der Waals surface area contributed by atoms with Gasteiger partial charge in [-0.25, -0.2) is 4.98 Å².